The Labute approximate surface area is 89.6 Å². The second-order valence-corrected chi connectivity index (χ2v) is 3.95. The van der Waals surface area contributed by atoms with Crippen LogP contribution >= 0.6 is 0 Å². The maximum atomic E-state index is 10.4. The number of aliphatic hydroxyl groups excluding tert-OH is 1. The molecule has 1 aliphatic heterocycles. The van der Waals surface area contributed by atoms with E-state index in [0.717, 1.165) is 6.54 Å². The van der Waals surface area contributed by atoms with E-state index in [1.54, 1.807) is 0 Å². The Hall–Kier alpha value is -0.650. The van der Waals surface area contributed by atoms with Gasteiger partial charge in [0.15, 0.2) is 0 Å². The lowest BCUT2D eigenvalue weighted by Gasteiger charge is -2.36. The van der Waals surface area contributed by atoms with Gasteiger partial charge in [0.2, 0.25) is 0 Å². The van der Waals surface area contributed by atoms with Gasteiger partial charge in [0.25, 0.3) is 0 Å². The lowest BCUT2D eigenvalue weighted by atomic mass is 10.1. The highest BCUT2D eigenvalue weighted by atomic mass is 16.5. The van der Waals surface area contributed by atoms with E-state index in [-0.39, 0.29) is 25.2 Å². The number of aliphatic carboxylic acids is 1. The molecule has 1 aliphatic rings. The van der Waals surface area contributed by atoms with Crippen molar-refractivity contribution in [1.29, 1.82) is 0 Å². The third-order valence-electron chi connectivity index (χ3n) is 2.77. The number of carboxylic acid groups (broad SMARTS) is 1. The molecule has 0 spiro atoms. The van der Waals surface area contributed by atoms with Crippen LogP contribution in [0.15, 0.2) is 0 Å². The van der Waals surface area contributed by atoms with Crippen LogP contribution in [0.5, 0.6) is 0 Å². The number of aliphatic hydroxyl groups is 1. The van der Waals surface area contributed by atoms with Crippen LogP contribution in [0.1, 0.15) is 19.8 Å². The zero-order valence-electron chi connectivity index (χ0n) is 9.06. The molecule has 2 unspecified atom stereocenters. The highest BCUT2D eigenvalue weighted by Crippen LogP contribution is 2.12. The average Bonchev–Trinajstić information content (AvgIpc) is 2.26. The van der Waals surface area contributed by atoms with Crippen LogP contribution in [0.2, 0.25) is 0 Å². The highest BCUT2D eigenvalue weighted by molar-refractivity contribution is 5.66. The Bertz CT molecular complexity index is 210. The molecule has 15 heavy (non-hydrogen) atoms. The van der Waals surface area contributed by atoms with E-state index in [9.17, 15) is 4.79 Å². The molecule has 0 aromatic carbocycles. The summed E-state index contributed by atoms with van der Waals surface area (Å²) >= 11 is 0. The molecule has 88 valence electrons. The average molecular weight is 217 g/mol. The number of nitrogens with zero attached hydrogens (tertiary/aromatic N) is 1. The van der Waals surface area contributed by atoms with Gasteiger partial charge in [0.1, 0.15) is 0 Å². The normalized spacial score (nSPS) is 25.1. The third-order valence-corrected chi connectivity index (χ3v) is 2.77. The van der Waals surface area contributed by atoms with Gasteiger partial charge in [0.05, 0.1) is 19.3 Å². The van der Waals surface area contributed by atoms with Gasteiger partial charge in [0, 0.05) is 25.6 Å². The lowest BCUT2D eigenvalue weighted by Crippen LogP contribution is -2.48. The summed E-state index contributed by atoms with van der Waals surface area (Å²) in [5, 5.41) is 17.5. The number of ether oxygens (including phenoxy) is 1. The summed E-state index contributed by atoms with van der Waals surface area (Å²) in [5.41, 5.74) is 0. The number of carboxylic acids is 1. The fraction of sp³-hybridized carbons (Fsp3) is 0.900. The number of rotatable bonds is 5. The number of hydrogen-bond donors (Lipinski definition) is 2. The van der Waals surface area contributed by atoms with Crippen LogP contribution < -0.4 is 0 Å². The number of carbonyl (C=O) groups is 1. The van der Waals surface area contributed by atoms with Crippen molar-refractivity contribution < 1.29 is 19.7 Å². The smallest absolute Gasteiger partial charge is 0.303 e. The Morgan fingerprint density at radius 1 is 1.67 bits per heavy atom. The molecule has 5 heteroatoms. The Morgan fingerprint density at radius 3 is 3.00 bits per heavy atom. The molecular formula is C10H19NO4. The van der Waals surface area contributed by atoms with E-state index in [4.69, 9.17) is 14.9 Å². The number of hydrogen-bond acceptors (Lipinski definition) is 4. The molecule has 2 N–H and O–H groups in total. The molecule has 1 saturated heterocycles. The minimum absolute atomic E-state index is 0.0299. The molecule has 0 saturated carbocycles. The van der Waals surface area contributed by atoms with Gasteiger partial charge in [-0.15, -0.1) is 0 Å². The summed E-state index contributed by atoms with van der Waals surface area (Å²) in [7, 11) is 0. The highest BCUT2D eigenvalue weighted by Gasteiger charge is 2.23. The van der Waals surface area contributed by atoms with E-state index >= 15 is 0 Å². The quantitative estimate of drug-likeness (QED) is 0.674. The van der Waals surface area contributed by atoms with Gasteiger partial charge in [-0.25, -0.2) is 0 Å². The molecule has 0 radical (unpaired) electrons. The first-order valence-electron chi connectivity index (χ1n) is 5.31. The van der Waals surface area contributed by atoms with Crippen LogP contribution in [0.3, 0.4) is 0 Å². The van der Waals surface area contributed by atoms with E-state index in [1.165, 1.54) is 0 Å². The maximum absolute atomic E-state index is 10.4. The largest absolute Gasteiger partial charge is 0.481 e. The zero-order chi connectivity index (χ0) is 11.3. The van der Waals surface area contributed by atoms with Crippen molar-refractivity contribution in [3.63, 3.8) is 0 Å². The third kappa shape index (κ3) is 4.15. The fourth-order valence-corrected chi connectivity index (χ4v) is 1.77. The van der Waals surface area contributed by atoms with Gasteiger partial charge >= 0.3 is 5.97 Å². The predicted molar refractivity (Wildman–Crippen MR) is 54.7 cm³/mol. The van der Waals surface area contributed by atoms with E-state index < -0.39 is 5.97 Å². The maximum Gasteiger partial charge on any atom is 0.303 e. The first-order chi connectivity index (χ1) is 7.13. The molecule has 0 amide bonds. The zero-order valence-corrected chi connectivity index (χ0v) is 9.06. The molecule has 0 aliphatic carbocycles. The Balaban J connectivity index is 2.31. The van der Waals surface area contributed by atoms with E-state index in [0.29, 0.717) is 19.6 Å². The van der Waals surface area contributed by atoms with Gasteiger partial charge in [-0.3, -0.25) is 9.69 Å². The fourth-order valence-electron chi connectivity index (χ4n) is 1.77. The Morgan fingerprint density at radius 2 is 2.40 bits per heavy atom. The SMILES string of the molecule is CC(CCC(=O)O)N1CCOC(CO)C1. The van der Waals surface area contributed by atoms with Crippen LogP contribution in [0, 0.1) is 0 Å². The molecule has 1 heterocycles. The molecule has 0 aromatic heterocycles. The predicted octanol–water partition coefficient (Wildman–Crippen LogP) is -0.0672. The minimum Gasteiger partial charge on any atom is -0.481 e. The molecule has 5 nitrogen and oxygen atoms in total. The van der Waals surface area contributed by atoms with Gasteiger partial charge < -0.3 is 14.9 Å². The van der Waals surface area contributed by atoms with Crippen molar-refractivity contribution in [3.8, 4) is 0 Å². The summed E-state index contributed by atoms with van der Waals surface area (Å²) < 4.78 is 5.33. The molecule has 1 fully saturated rings. The summed E-state index contributed by atoms with van der Waals surface area (Å²) in [4.78, 5) is 12.6. The van der Waals surface area contributed by atoms with Crippen LogP contribution in [0.4, 0.5) is 0 Å². The first kappa shape index (κ1) is 12.4. The van der Waals surface area contributed by atoms with Crippen molar-refractivity contribution in [2.24, 2.45) is 0 Å². The van der Waals surface area contributed by atoms with Crippen LogP contribution in [0.25, 0.3) is 0 Å². The standard InChI is InChI=1S/C10H19NO4/c1-8(2-3-10(13)14)11-4-5-15-9(6-11)7-12/h8-9,12H,2-7H2,1H3,(H,13,14). The van der Waals surface area contributed by atoms with Gasteiger partial charge in [-0.05, 0) is 13.3 Å². The van der Waals surface area contributed by atoms with Crippen LogP contribution in [-0.2, 0) is 9.53 Å². The lowest BCUT2D eigenvalue weighted by molar-refractivity contribution is -0.137. The van der Waals surface area contributed by atoms with Crippen LogP contribution in [-0.4, -0.2) is 59.5 Å². The molecular weight excluding hydrogens is 198 g/mol. The second kappa shape index (κ2) is 6.05. The monoisotopic (exact) mass is 217 g/mol. The summed E-state index contributed by atoms with van der Waals surface area (Å²) in [6.45, 7) is 4.17. The van der Waals surface area contributed by atoms with Crippen molar-refractivity contribution >= 4 is 5.97 Å². The van der Waals surface area contributed by atoms with Crippen molar-refractivity contribution in [1.82, 2.24) is 4.90 Å². The first-order valence-corrected chi connectivity index (χ1v) is 5.31. The van der Waals surface area contributed by atoms with Crippen molar-refractivity contribution in [2.75, 3.05) is 26.3 Å². The summed E-state index contributed by atoms with van der Waals surface area (Å²) in [6.07, 6.45) is 0.724. The van der Waals surface area contributed by atoms with E-state index in [1.807, 2.05) is 6.92 Å². The number of morpholine rings is 1. The van der Waals surface area contributed by atoms with Crippen molar-refractivity contribution in [2.45, 2.75) is 31.9 Å². The molecule has 1 rings (SSSR count). The van der Waals surface area contributed by atoms with Crippen molar-refractivity contribution in [3.05, 3.63) is 0 Å². The minimum atomic E-state index is -0.756. The molecule has 2 atom stereocenters. The van der Waals surface area contributed by atoms with Gasteiger partial charge in [-0.1, -0.05) is 0 Å². The van der Waals surface area contributed by atoms with E-state index in [2.05, 4.69) is 4.90 Å². The topological polar surface area (TPSA) is 70.0 Å². The molecule has 0 bridgehead atoms. The summed E-state index contributed by atoms with van der Waals surface area (Å²) in [5.74, 6) is -0.756. The summed E-state index contributed by atoms with van der Waals surface area (Å²) in [6, 6.07) is 0.235. The van der Waals surface area contributed by atoms with Gasteiger partial charge in [-0.2, -0.15) is 0 Å². The Kier molecular flexibility index (Phi) is 5.01. The molecule has 0 aromatic rings. The second-order valence-electron chi connectivity index (χ2n) is 3.95.